The van der Waals surface area contributed by atoms with Crippen molar-refractivity contribution in [2.24, 2.45) is 0 Å². The van der Waals surface area contributed by atoms with E-state index in [1.165, 1.54) is 28.8 Å². The number of carbonyl (C=O) groups excluding carboxylic acids is 1. The van der Waals surface area contributed by atoms with Gasteiger partial charge in [-0.3, -0.25) is 19.8 Å². The van der Waals surface area contributed by atoms with E-state index in [0.717, 1.165) is 4.47 Å². The summed E-state index contributed by atoms with van der Waals surface area (Å²) in [7, 11) is 0. The van der Waals surface area contributed by atoms with Crippen LogP contribution in [0.1, 0.15) is 5.56 Å². The number of thioether (sulfide) groups is 1. The summed E-state index contributed by atoms with van der Waals surface area (Å²) in [5, 5.41) is 10.7. The maximum atomic E-state index is 12.6. The van der Waals surface area contributed by atoms with Crippen molar-refractivity contribution in [1.82, 2.24) is 0 Å². The molecule has 0 radical (unpaired) electrons. The van der Waals surface area contributed by atoms with Gasteiger partial charge in [-0.15, -0.1) is 0 Å². The van der Waals surface area contributed by atoms with E-state index in [-0.39, 0.29) is 11.6 Å². The summed E-state index contributed by atoms with van der Waals surface area (Å²) in [5.41, 5.74) is 1.41. The zero-order valence-corrected chi connectivity index (χ0v) is 15.2. The van der Waals surface area contributed by atoms with Gasteiger partial charge < -0.3 is 0 Å². The molecule has 2 aromatic carbocycles. The topological polar surface area (TPSA) is 63.4 Å². The average Bonchev–Trinajstić information content (AvgIpc) is 2.82. The van der Waals surface area contributed by atoms with Crippen molar-refractivity contribution in [3.8, 4) is 0 Å². The molecule has 120 valence electrons. The molecular weight excluding hydrogens is 412 g/mol. The average molecular weight is 421 g/mol. The minimum atomic E-state index is -0.462. The zero-order chi connectivity index (χ0) is 17.3. The van der Waals surface area contributed by atoms with Crippen LogP contribution in [0.2, 0.25) is 0 Å². The fourth-order valence-corrected chi connectivity index (χ4v) is 3.84. The van der Waals surface area contributed by atoms with Crippen LogP contribution < -0.4 is 4.90 Å². The Hall–Kier alpha value is -2.03. The Bertz CT molecular complexity index is 881. The van der Waals surface area contributed by atoms with Crippen molar-refractivity contribution in [3.05, 3.63) is 73.6 Å². The molecule has 8 heteroatoms. The maximum Gasteiger partial charge on any atom is 0.270 e. The quantitative estimate of drug-likeness (QED) is 0.309. The fourth-order valence-electron chi connectivity index (χ4n) is 2.15. The standard InChI is InChI=1S/C16H9BrN2O3S2/c17-11-2-1-3-13(9-11)18-15(20)14(24-16(18)23)8-10-4-6-12(7-5-10)19(21)22/h1-9H/b14-8+. The van der Waals surface area contributed by atoms with Crippen LogP contribution in [0.25, 0.3) is 6.08 Å². The SMILES string of the molecule is O=C1/C(=C\c2ccc([N+](=O)[O-])cc2)SC(=S)N1c1cccc(Br)c1. The highest BCUT2D eigenvalue weighted by Crippen LogP contribution is 2.36. The number of anilines is 1. The molecule has 0 aromatic heterocycles. The first-order valence-electron chi connectivity index (χ1n) is 6.74. The number of halogens is 1. The summed E-state index contributed by atoms with van der Waals surface area (Å²) in [6.07, 6.45) is 1.68. The van der Waals surface area contributed by atoms with E-state index >= 15 is 0 Å². The number of non-ortho nitro benzene ring substituents is 1. The van der Waals surface area contributed by atoms with Gasteiger partial charge in [-0.25, -0.2) is 0 Å². The molecule has 2 aromatic rings. The molecule has 1 saturated heterocycles. The molecule has 0 N–H and O–H groups in total. The van der Waals surface area contributed by atoms with Gasteiger partial charge in [0.05, 0.1) is 15.5 Å². The summed E-state index contributed by atoms with van der Waals surface area (Å²) in [5.74, 6) is -0.207. The van der Waals surface area contributed by atoms with Gasteiger partial charge in [0.15, 0.2) is 4.32 Å². The number of benzene rings is 2. The van der Waals surface area contributed by atoms with Crippen LogP contribution in [0.3, 0.4) is 0 Å². The second-order valence-electron chi connectivity index (χ2n) is 4.85. The van der Waals surface area contributed by atoms with Gasteiger partial charge in [-0.2, -0.15) is 0 Å². The second-order valence-corrected chi connectivity index (χ2v) is 7.44. The van der Waals surface area contributed by atoms with Gasteiger partial charge in [0.25, 0.3) is 11.6 Å². The van der Waals surface area contributed by atoms with Crippen LogP contribution in [-0.2, 0) is 4.79 Å². The van der Waals surface area contributed by atoms with E-state index in [2.05, 4.69) is 15.9 Å². The lowest BCUT2D eigenvalue weighted by atomic mass is 10.2. The smallest absolute Gasteiger partial charge is 0.268 e. The molecule has 0 aliphatic carbocycles. The summed E-state index contributed by atoms with van der Waals surface area (Å²) < 4.78 is 1.31. The highest BCUT2D eigenvalue weighted by Gasteiger charge is 2.33. The van der Waals surface area contributed by atoms with Crippen molar-refractivity contribution in [2.45, 2.75) is 0 Å². The van der Waals surface area contributed by atoms with Gasteiger partial charge >= 0.3 is 0 Å². The lowest BCUT2D eigenvalue weighted by molar-refractivity contribution is -0.384. The van der Waals surface area contributed by atoms with E-state index < -0.39 is 4.92 Å². The Morgan fingerprint density at radius 2 is 1.92 bits per heavy atom. The lowest BCUT2D eigenvalue weighted by Crippen LogP contribution is -2.27. The van der Waals surface area contributed by atoms with Crippen molar-refractivity contribution < 1.29 is 9.72 Å². The fraction of sp³-hybridized carbons (Fsp3) is 0. The monoisotopic (exact) mass is 420 g/mol. The number of carbonyl (C=O) groups is 1. The summed E-state index contributed by atoms with van der Waals surface area (Å²) in [4.78, 5) is 24.8. The number of nitro benzene ring substituents is 1. The Morgan fingerprint density at radius 3 is 2.54 bits per heavy atom. The molecule has 1 fully saturated rings. The predicted octanol–water partition coefficient (Wildman–Crippen LogP) is 4.76. The molecule has 0 saturated carbocycles. The molecule has 1 heterocycles. The number of thiocarbonyl (C=S) groups is 1. The van der Waals surface area contributed by atoms with Gasteiger partial charge in [0.1, 0.15) is 0 Å². The Balaban J connectivity index is 1.89. The molecule has 0 unspecified atom stereocenters. The van der Waals surface area contributed by atoms with Crippen LogP contribution >= 0.6 is 39.9 Å². The molecule has 1 aliphatic heterocycles. The number of rotatable bonds is 3. The van der Waals surface area contributed by atoms with E-state index in [0.29, 0.717) is 20.5 Å². The minimum Gasteiger partial charge on any atom is -0.268 e. The minimum absolute atomic E-state index is 0.00818. The van der Waals surface area contributed by atoms with E-state index in [4.69, 9.17) is 12.2 Å². The van der Waals surface area contributed by atoms with E-state index in [9.17, 15) is 14.9 Å². The Morgan fingerprint density at radius 1 is 1.21 bits per heavy atom. The van der Waals surface area contributed by atoms with Crippen molar-refractivity contribution >= 4 is 67.6 Å². The molecule has 0 spiro atoms. The first kappa shape index (κ1) is 16.8. The molecule has 1 amide bonds. The van der Waals surface area contributed by atoms with Crippen LogP contribution in [-0.4, -0.2) is 15.2 Å². The molecule has 3 rings (SSSR count). The summed E-state index contributed by atoms with van der Waals surface area (Å²) >= 11 is 9.90. The number of amides is 1. The van der Waals surface area contributed by atoms with Crippen LogP contribution in [0.15, 0.2) is 57.9 Å². The molecule has 0 atom stereocenters. The molecule has 24 heavy (non-hydrogen) atoms. The van der Waals surface area contributed by atoms with Crippen molar-refractivity contribution in [1.29, 1.82) is 0 Å². The number of hydrogen-bond donors (Lipinski definition) is 0. The van der Waals surface area contributed by atoms with Gasteiger partial charge in [0.2, 0.25) is 0 Å². The van der Waals surface area contributed by atoms with Gasteiger partial charge in [-0.1, -0.05) is 46.0 Å². The first-order valence-corrected chi connectivity index (χ1v) is 8.75. The maximum absolute atomic E-state index is 12.6. The van der Waals surface area contributed by atoms with Crippen molar-refractivity contribution in [2.75, 3.05) is 4.90 Å². The normalized spacial score (nSPS) is 16.0. The van der Waals surface area contributed by atoms with Gasteiger partial charge in [0, 0.05) is 16.6 Å². The third-order valence-electron chi connectivity index (χ3n) is 3.26. The second kappa shape index (κ2) is 6.84. The zero-order valence-electron chi connectivity index (χ0n) is 12.0. The molecule has 5 nitrogen and oxygen atoms in total. The summed E-state index contributed by atoms with van der Waals surface area (Å²) in [6.45, 7) is 0. The predicted molar refractivity (Wildman–Crippen MR) is 103 cm³/mol. The molecule has 1 aliphatic rings. The Labute approximate surface area is 155 Å². The summed E-state index contributed by atoms with van der Waals surface area (Å²) in [6, 6.07) is 13.3. The van der Waals surface area contributed by atoms with E-state index in [1.807, 2.05) is 24.3 Å². The first-order chi connectivity index (χ1) is 11.5. The third-order valence-corrected chi connectivity index (χ3v) is 5.06. The highest BCUT2D eigenvalue weighted by atomic mass is 79.9. The number of nitrogens with zero attached hydrogens (tertiary/aromatic N) is 2. The largest absolute Gasteiger partial charge is 0.270 e. The number of nitro groups is 1. The van der Waals surface area contributed by atoms with Crippen LogP contribution in [0.5, 0.6) is 0 Å². The number of hydrogen-bond acceptors (Lipinski definition) is 5. The van der Waals surface area contributed by atoms with Gasteiger partial charge in [-0.05, 0) is 42.0 Å². The van der Waals surface area contributed by atoms with Crippen molar-refractivity contribution in [3.63, 3.8) is 0 Å². The molecular formula is C16H9BrN2O3S2. The highest BCUT2D eigenvalue weighted by molar-refractivity contribution is 9.10. The third kappa shape index (κ3) is 3.40. The van der Waals surface area contributed by atoms with Crippen LogP contribution in [0, 0.1) is 10.1 Å². The molecule has 0 bridgehead atoms. The van der Waals surface area contributed by atoms with Crippen LogP contribution in [0.4, 0.5) is 11.4 Å². The Kier molecular flexibility index (Phi) is 4.79. The lowest BCUT2D eigenvalue weighted by Gasteiger charge is -2.14. The van der Waals surface area contributed by atoms with E-state index in [1.54, 1.807) is 18.2 Å².